The van der Waals surface area contributed by atoms with Gasteiger partial charge in [0.25, 0.3) is 0 Å². The van der Waals surface area contributed by atoms with Gasteiger partial charge in [-0.05, 0) is 123 Å². The lowest BCUT2D eigenvalue weighted by Gasteiger charge is -2.60. The number of benzene rings is 4. The smallest absolute Gasteiger partial charge is 0.239 e. The fourth-order valence-electron chi connectivity index (χ4n) is 10.2. The third-order valence-electron chi connectivity index (χ3n) is 13.1. The van der Waals surface area contributed by atoms with E-state index in [-0.39, 0.29) is 49.4 Å². The fourth-order valence-corrected chi connectivity index (χ4v) is 10.2. The standard InChI is InChI=1S/C53H62N2O8/c1-5-28-60-53-48(55(51(59)37-22-23-37)33-39-18-13-17-36-15-6-7-20-42(36)39)32-46(54-63-52(2,3)4)44-30-38(16-8-10-26-56)43(21-9-11-27-57)49(50(44)53)45-31-41(24-25-47(45)62-53)61-40-19-12-14-35(29-40)34-58/h5-7,12-15,17-20,24-25,29-31,34,37-38,43,48-50,56-57H,1,8-11,16,21-23,26-28,32-33H2,2-4H3. The molecule has 0 radical (unpaired) electrons. The van der Waals surface area contributed by atoms with Gasteiger partial charge in [-0.2, -0.15) is 0 Å². The molecule has 4 aromatic rings. The molecule has 0 saturated heterocycles. The van der Waals surface area contributed by atoms with Crippen molar-refractivity contribution in [2.24, 2.45) is 28.8 Å². The van der Waals surface area contributed by atoms with Crippen molar-refractivity contribution in [3.63, 3.8) is 0 Å². The number of amides is 1. The van der Waals surface area contributed by atoms with Crippen LogP contribution in [0.1, 0.15) is 106 Å². The van der Waals surface area contributed by atoms with Gasteiger partial charge in [-0.1, -0.05) is 84.7 Å². The van der Waals surface area contributed by atoms with Crippen LogP contribution in [0.5, 0.6) is 17.2 Å². The van der Waals surface area contributed by atoms with Crippen LogP contribution in [0.25, 0.3) is 10.8 Å². The summed E-state index contributed by atoms with van der Waals surface area (Å²) in [7, 11) is 0. The number of aliphatic hydroxyl groups is 2. The van der Waals surface area contributed by atoms with Gasteiger partial charge < -0.3 is 34.2 Å². The van der Waals surface area contributed by atoms with E-state index in [4.69, 9.17) is 24.2 Å². The van der Waals surface area contributed by atoms with Crippen LogP contribution in [0, 0.1) is 23.7 Å². The predicted molar refractivity (Wildman–Crippen MR) is 245 cm³/mol. The van der Waals surface area contributed by atoms with E-state index in [1.54, 1.807) is 24.3 Å². The monoisotopic (exact) mass is 854 g/mol. The average molecular weight is 855 g/mol. The number of aliphatic hydroxyl groups excluding tert-OH is 2. The Kier molecular flexibility index (Phi) is 13.5. The molecule has 8 rings (SSSR count). The lowest BCUT2D eigenvalue weighted by molar-refractivity contribution is -0.258. The van der Waals surface area contributed by atoms with Gasteiger partial charge in [0.1, 0.15) is 35.2 Å². The SMILES string of the molecule is C=CCOC12Oc3ccc(Oc4cccc(C=O)c4)cc3C3C(CCCCO)C(CCCCO)C=C(C(=NOC(C)(C)C)CC1N(Cc1cccc4ccccc14)C(=O)C1CC1)C32. The summed E-state index contributed by atoms with van der Waals surface area (Å²) in [5.74, 6) is -0.133. The number of carbonyl (C=O) groups is 2. The predicted octanol–water partition coefficient (Wildman–Crippen LogP) is 10.3. The molecule has 1 heterocycles. The summed E-state index contributed by atoms with van der Waals surface area (Å²) >= 11 is 0. The van der Waals surface area contributed by atoms with Crippen molar-refractivity contribution in [2.45, 2.75) is 108 Å². The molecule has 4 aromatic carbocycles. The Morgan fingerprint density at radius 2 is 1.68 bits per heavy atom. The van der Waals surface area contributed by atoms with E-state index in [1.807, 2.05) is 56.0 Å². The third-order valence-corrected chi connectivity index (χ3v) is 13.1. The molecule has 2 N–H and O–H groups in total. The first-order chi connectivity index (χ1) is 30.6. The number of hydrogen-bond acceptors (Lipinski definition) is 9. The van der Waals surface area contributed by atoms with Gasteiger partial charge in [0.2, 0.25) is 11.7 Å². The Morgan fingerprint density at radius 1 is 0.937 bits per heavy atom. The van der Waals surface area contributed by atoms with Crippen LogP contribution in [-0.4, -0.2) is 70.3 Å². The van der Waals surface area contributed by atoms with Gasteiger partial charge in [0, 0.05) is 49.1 Å². The Hall–Kier alpha value is -5.29. The molecule has 0 spiro atoms. The summed E-state index contributed by atoms with van der Waals surface area (Å²) in [6.07, 6.45) is 11.5. The van der Waals surface area contributed by atoms with E-state index in [2.05, 4.69) is 49.1 Å². The van der Waals surface area contributed by atoms with Crippen molar-refractivity contribution in [2.75, 3.05) is 19.8 Å². The minimum Gasteiger partial charge on any atom is -0.459 e. The molecule has 0 bridgehead atoms. The van der Waals surface area contributed by atoms with Crippen LogP contribution in [0.4, 0.5) is 0 Å². The molecular formula is C53H62N2O8. The van der Waals surface area contributed by atoms with E-state index in [1.165, 1.54) is 0 Å². The average Bonchev–Trinajstić information content (AvgIpc) is 4.14. The summed E-state index contributed by atoms with van der Waals surface area (Å²) < 4.78 is 21.2. The third kappa shape index (κ3) is 9.49. The second kappa shape index (κ2) is 19.2. The zero-order valence-electron chi connectivity index (χ0n) is 36.9. The molecule has 1 amide bonds. The Balaban J connectivity index is 1.36. The van der Waals surface area contributed by atoms with E-state index < -0.39 is 23.3 Å². The molecule has 2 saturated carbocycles. The molecule has 6 unspecified atom stereocenters. The van der Waals surface area contributed by atoms with Crippen molar-refractivity contribution < 1.29 is 38.9 Å². The van der Waals surface area contributed by atoms with Crippen molar-refractivity contribution in [1.29, 1.82) is 0 Å². The number of fused-ring (bicyclic) bond motifs is 3. The maximum atomic E-state index is 15.1. The lowest BCUT2D eigenvalue weighted by Crippen LogP contribution is -2.70. The summed E-state index contributed by atoms with van der Waals surface area (Å²) in [6.45, 7) is 10.8. The lowest BCUT2D eigenvalue weighted by atomic mass is 9.55. The molecular weight excluding hydrogens is 793 g/mol. The van der Waals surface area contributed by atoms with E-state index in [9.17, 15) is 15.0 Å². The maximum Gasteiger partial charge on any atom is 0.239 e. The van der Waals surface area contributed by atoms with E-state index in [0.29, 0.717) is 48.6 Å². The van der Waals surface area contributed by atoms with E-state index >= 15 is 4.79 Å². The van der Waals surface area contributed by atoms with E-state index in [0.717, 1.165) is 78.0 Å². The molecule has 0 aromatic heterocycles. The first-order valence-electron chi connectivity index (χ1n) is 22.8. The first-order valence-corrected chi connectivity index (χ1v) is 22.8. The number of ether oxygens (including phenoxy) is 3. The summed E-state index contributed by atoms with van der Waals surface area (Å²) in [5, 5.41) is 27.2. The number of carbonyl (C=O) groups excluding carboxylic acids is 2. The molecule has 4 aliphatic rings. The topological polar surface area (TPSA) is 127 Å². The number of oxime groups is 1. The Morgan fingerprint density at radius 3 is 2.43 bits per heavy atom. The first kappa shape index (κ1) is 44.3. The normalized spacial score (nSPS) is 24.4. The number of unbranched alkanes of at least 4 members (excludes halogenated alkanes) is 2. The van der Waals surface area contributed by atoms with Gasteiger partial charge in [0.05, 0.1) is 18.2 Å². The molecule has 10 nitrogen and oxygen atoms in total. The maximum absolute atomic E-state index is 15.1. The van der Waals surface area contributed by atoms with Gasteiger partial charge in [-0.15, -0.1) is 6.58 Å². The quantitative estimate of drug-likeness (QED) is 0.0413. The fraction of sp³-hybridized carbons (Fsp3) is 0.453. The molecule has 63 heavy (non-hydrogen) atoms. The van der Waals surface area contributed by atoms with Gasteiger partial charge in [-0.25, -0.2) is 0 Å². The molecule has 1 aliphatic heterocycles. The number of allylic oxidation sites excluding steroid dienone is 1. The molecule has 2 fully saturated rings. The minimum atomic E-state index is -1.38. The number of rotatable bonds is 19. The molecule has 10 heteroatoms. The van der Waals surface area contributed by atoms with Crippen LogP contribution in [0.2, 0.25) is 0 Å². The highest BCUT2D eigenvalue weighted by molar-refractivity contribution is 6.03. The van der Waals surface area contributed by atoms with Crippen LogP contribution < -0.4 is 9.47 Å². The number of hydrogen-bond donors (Lipinski definition) is 2. The van der Waals surface area contributed by atoms with Gasteiger partial charge in [0.15, 0.2) is 0 Å². The molecule has 3 aliphatic carbocycles. The highest BCUT2D eigenvalue weighted by atomic mass is 16.7. The second-order valence-corrected chi connectivity index (χ2v) is 18.6. The van der Waals surface area contributed by atoms with Crippen LogP contribution >= 0.6 is 0 Å². The minimum absolute atomic E-state index is 0.0566. The molecule has 6 atom stereocenters. The highest BCUT2D eigenvalue weighted by Crippen LogP contribution is 2.62. The van der Waals surface area contributed by atoms with Crippen molar-refractivity contribution in [3.05, 3.63) is 126 Å². The summed E-state index contributed by atoms with van der Waals surface area (Å²) in [5.41, 5.74) is 3.67. The summed E-state index contributed by atoms with van der Waals surface area (Å²) in [6, 6.07) is 26.9. The number of aldehydes is 1. The number of nitrogens with zero attached hydrogens (tertiary/aromatic N) is 2. The molecule has 332 valence electrons. The van der Waals surface area contributed by atoms with Gasteiger partial charge in [-0.3, -0.25) is 9.59 Å². The Labute approximate surface area is 371 Å². The zero-order chi connectivity index (χ0) is 44.1. The summed E-state index contributed by atoms with van der Waals surface area (Å²) in [4.78, 5) is 35.1. The van der Waals surface area contributed by atoms with Crippen LogP contribution in [0.15, 0.2) is 114 Å². The van der Waals surface area contributed by atoms with Gasteiger partial charge >= 0.3 is 0 Å². The largest absolute Gasteiger partial charge is 0.459 e. The van der Waals surface area contributed by atoms with Crippen molar-refractivity contribution in [3.8, 4) is 17.2 Å². The van der Waals surface area contributed by atoms with Crippen molar-refractivity contribution in [1.82, 2.24) is 4.90 Å². The second-order valence-electron chi connectivity index (χ2n) is 18.6. The van der Waals surface area contributed by atoms with Crippen molar-refractivity contribution >= 4 is 28.7 Å². The zero-order valence-corrected chi connectivity index (χ0v) is 36.9. The van der Waals surface area contributed by atoms with Crippen LogP contribution in [-0.2, 0) is 20.9 Å². The van der Waals surface area contributed by atoms with Crippen LogP contribution in [0.3, 0.4) is 0 Å². The highest BCUT2D eigenvalue weighted by Gasteiger charge is 2.66. The Bertz CT molecular complexity index is 2340.